The maximum absolute atomic E-state index is 13.9. The van der Waals surface area contributed by atoms with Gasteiger partial charge >= 0.3 is 0 Å². The molecule has 0 aromatic heterocycles. The standard InChI is InChI=1S/C26H27N3O5/c1-15-13-17-14-16(9-10-20(17)34-15)22(30)21-23(31)24(32)29(12-11-27(2)3)26(21)18-7-5-6-8-19(18)28(4)25(26)33/h5-10,14-15,30H,11-13H2,1-4H3/t15-,26-/m1/s1. The van der Waals surface area contributed by atoms with Gasteiger partial charge in [-0.3, -0.25) is 14.4 Å². The van der Waals surface area contributed by atoms with Gasteiger partial charge < -0.3 is 24.5 Å². The smallest absolute Gasteiger partial charge is 0.296 e. The van der Waals surface area contributed by atoms with Gasteiger partial charge in [0.05, 0.1) is 5.57 Å². The van der Waals surface area contributed by atoms with Gasteiger partial charge in [-0.15, -0.1) is 0 Å². The van der Waals surface area contributed by atoms with Gasteiger partial charge in [-0.1, -0.05) is 18.2 Å². The van der Waals surface area contributed by atoms with Gasteiger partial charge in [0.2, 0.25) is 0 Å². The van der Waals surface area contributed by atoms with Crippen LogP contribution >= 0.6 is 0 Å². The molecule has 3 heterocycles. The van der Waals surface area contributed by atoms with Crippen LogP contribution in [-0.2, 0) is 26.3 Å². The molecule has 0 unspecified atom stereocenters. The Morgan fingerprint density at radius 1 is 1.18 bits per heavy atom. The third kappa shape index (κ3) is 2.91. The summed E-state index contributed by atoms with van der Waals surface area (Å²) in [6, 6.07) is 12.3. The molecule has 34 heavy (non-hydrogen) atoms. The van der Waals surface area contributed by atoms with Gasteiger partial charge in [0.1, 0.15) is 17.6 Å². The molecule has 5 rings (SSSR count). The average molecular weight is 462 g/mol. The zero-order chi connectivity index (χ0) is 24.4. The van der Waals surface area contributed by atoms with Crippen molar-refractivity contribution in [3.8, 4) is 5.75 Å². The molecular formula is C26H27N3O5. The first-order chi connectivity index (χ1) is 16.2. The summed E-state index contributed by atoms with van der Waals surface area (Å²) in [5.74, 6) is -1.72. The van der Waals surface area contributed by atoms with Crippen LogP contribution in [0.25, 0.3) is 5.76 Å². The second kappa shape index (κ2) is 7.70. The van der Waals surface area contributed by atoms with Gasteiger partial charge in [0.15, 0.2) is 5.54 Å². The normalized spacial score (nSPS) is 24.9. The van der Waals surface area contributed by atoms with Gasteiger partial charge in [0.25, 0.3) is 17.6 Å². The van der Waals surface area contributed by atoms with E-state index in [2.05, 4.69) is 0 Å². The van der Waals surface area contributed by atoms with Gasteiger partial charge in [-0.25, -0.2) is 0 Å². The first-order valence-electron chi connectivity index (χ1n) is 11.3. The van der Waals surface area contributed by atoms with Crippen molar-refractivity contribution < 1.29 is 24.2 Å². The van der Waals surface area contributed by atoms with Crippen LogP contribution in [-0.4, -0.2) is 72.8 Å². The number of hydrogen-bond acceptors (Lipinski definition) is 6. The number of anilines is 1. The summed E-state index contributed by atoms with van der Waals surface area (Å²) in [5, 5.41) is 11.5. The maximum atomic E-state index is 13.9. The van der Waals surface area contributed by atoms with E-state index < -0.39 is 23.1 Å². The monoisotopic (exact) mass is 461 g/mol. The number of nitrogens with zero attached hydrogens (tertiary/aromatic N) is 3. The molecule has 1 fully saturated rings. The van der Waals surface area contributed by atoms with E-state index in [9.17, 15) is 19.5 Å². The fraction of sp³-hybridized carbons (Fsp3) is 0.346. The molecule has 2 aromatic rings. The molecule has 0 radical (unpaired) electrons. The largest absolute Gasteiger partial charge is 0.507 e. The lowest BCUT2D eigenvalue weighted by atomic mass is 9.81. The summed E-state index contributed by atoms with van der Waals surface area (Å²) in [7, 11) is 5.33. The number of carbonyl (C=O) groups is 3. The van der Waals surface area contributed by atoms with Crippen molar-refractivity contribution >= 4 is 29.0 Å². The van der Waals surface area contributed by atoms with Crippen LogP contribution in [0.1, 0.15) is 23.6 Å². The number of Topliss-reactive ketones (excluding diaryl/α,β-unsaturated/α-hetero) is 1. The van der Waals surface area contributed by atoms with Gasteiger partial charge in [0, 0.05) is 43.4 Å². The number of carbonyl (C=O) groups excluding carboxylic acids is 3. The van der Waals surface area contributed by atoms with Crippen molar-refractivity contribution in [2.45, 2.75) is 25.0 Å². The van der Waals surface area contributed by atoms with Crippen LogP contribution < -0.4 is 9.64 Å². The number of likely N-dealkylation sites (N-methyl/N-ethyl adjacent to an activating group) is 2. The molecule has 2 aromatic carbocycles. The lowest BCUT2D eigenvalue weighted by molar-refractivity contribution is -0.143. The van der Waals surface area contributed by atoms with E-state index in [1.54, 1.807) is 49.5 Å². The van der Waals surface area contributed by atoms with E-state index in [4.69, 9.17) is 4.74 Å². The van der Waals surface area contributed by atoms with Crippen molar-refractivity contribution in [2.75, 3.05) is 39.1 Å². The number of amides is 2. The Hall–Kier alpha value is -3.65. The Kier molecular flexibility index (Phi) is 5.02. The molecule has 3 aliphatic heterocycles. The molecule has 1 N–H and O–H groups in total. The summed E-state index contributed by atoms with van der Waals surface area (Å²) in [6.45, 7) is 2.55. The molecule has 0 aliphatic carbocycles. The Morgan fingerprint density at radius 2 is 1.91 bits per heavy atom. The molecular weight excluding hydrogens is 434 g/mol. The van der Waals surface area contributed by atoms with E-state index in [0.717, 1.165) is 11.3 Å². The molecule has 8 nitrogen and oxygen atoms in total. The minimum absolute atomic E-state index is 0.0135. The Labute approximate surface area is 198 Å². The van der Waals surface area contributed by atoms with Crippen molar-refractivity contribution in [2.24, 2.45) is 0 Å². The van der Waals surface area contributed by atoms with E-state index in [1.807, 2.05) is 25.9 Å². The quantitative estimate of drug-likeness (QED) is 0.426. The number of likely N-dealkylation sites (tertiary alicyclic amines) is 1. The summed E-state index contributed by atoms with van der Waals surface area (Å²) in [5.41, 5.74) is 0.489. The highest BCUT2D eigenvalue weighted by Crippen LogP contribution is 2.53. The number of fused-ring (bicyclic) bond motifs is 3. The molecule has 2 amide bonds. The van der Waals surface area contributed by atoms with Crippen LogP contribution in [0.5, 0.6) is 5.75 Å². The van der Waals surface area contributed by atoms with E-state index in [-0.39, 0.29) is 24.0 Å². The number of hydrogen-bond donors (Lipinski definition) is 1. The maximum Gasteiger partial charge on any atom is 0.296 e. The summed E-state index contributed by atoms with van der Waals surface area (Å²) < 4.78 is 5.76. The third-order valence-corrected chi connectivity index (χ3v) is 6.88. The van der Waals surface area contributed by atoms with Gasteiger partial charge in [-0.05, 0) is 50.8 Å². The predicted molar refractivity (Wildman–Crippen MR) is 127 cm³/mol. The molecule has 176 valence electrons. The molecule has 1 spiro atoms. The zero-order valence-electron chi connectivity index (χ0n) is 19.7. The van der Waals surface area contributed by atoms with E-state index in [0.29, 0.717) is 29.8 Å². The Morgan fingerprint density at radius 3 is 2.65 bits per heavy atom. The van der Waals surface area contributed by atoms with E-state index >= 15 is 0 Å². The van der Waals surface area contributed by atoms with Crippen LogP contribution in [0.15, 0.2) is 48.0 Å². The molecule has 8 heteroatoms. The lowest BCUT2D eigenvalue weighted by Crippen LogP contribution is -2.52. The minimum atomic E-state index is -1.72. The second-order valence-corrected chi connectivity index (χ2v) is 9.36. The van der Waals surface area contributed by atoms with Crippen LogP contribution in [0.3, 0.4) is 0 Å². The SMILES string of the molecule is C[C@@H]1Cc2cc(C(O)=C3C(=O)C(=O)N(CCN(C)C)[C@@]34C(=O)N(C)c3ccccc34)ccc2O1. The Balaban J connectivity index is 1.76. The number of aliphatic hydroxyl groups is 1. The fourth-order valence-corrected chi connectivity index (χ4v) is 5.28. The first-order valence-corrected chi connectivity index (χ1v) is 11.3. The highest BCUT2D eigenvalue weighted by atomic mass is 16.5. The number of aliphatic hydroxyl groups excluding tert-OH is 1. The molecule has 0 saturated carbocycles. The molecule has 2 atom stereocenters. The van der Waals surface area contributed by atoms with Crippen molar-refractivity contribution in [3.05, 3.63) is 64.7 Å². The summed E-state index contributed by atoms with van der Waals surface area (Å²) >= 11 is 0. The summed E-state index contributed by atoms with van der Waals surface area (Å²) in [6.07, 6.45) is 0.683. The number of ether oxygens (including phenoxy) is 1. The minimum Gasteiger partial charge on any atom is -0.507 e. The average Bonchev–Trinajstić information content (AvgIpc) is 3.37. The predicted octanol–water partition coefficient (Wildman–Crippen LogP) is 2.12. The third-order valence-electron chi connectivity index (χ3n) is 6.88. The fourth-order valence-electron chi connectivity index (χ4n) is 5.28. The van der Waals surface area contributed by atoms with Crippen LogP contribution in [0.4, 0.5) is 5.69 Å². The zero-order valence-corrected chi connectivity index (χ0v) is 19.7. The Bertz CT molecular complexity index is 1270. The summed E-state index contributed by atoms with van der Waals surface area (Å²) in [4.78, 5) is 45.4. The van der Waals surface area contributed by atoms with E-state index in [1.165, 1.54) is 9.80 Å². The molecule has 1 saturated heterocycles. The molecule has 0 bridgehead atoms. The lowest BCUT2D eigenvalue weighted by Gasteiger charge is -2.34. The number of benzene rings is 2. The number of rotatable bonds is 4. The van der Waals surface area contributed by atoms with Crippen molar-refractivity contribution in [3.63, 3.8) is 0 Å². The number of ketones is 1. The van der Waals surface area contributed by atoms with Crippen LogP contribution in [0.2, 0.25) is 0 Å². The highest BCUT2D eigenvalue weighted by Gasteiger charge is 2.66. The van der Waals surface area contributed by atoms with Crippen molar-refractivity contribution in [1.29, 1.82) is 0 Å². The topological polar surface area (TPSA) is 90.4 Å². The highest BCUT2D eigenvalue weighted by molar-refractivity contribution is 6.50. The first kappa shape index (κ1) is 22.2. The second-order valence-electron chi connectivity index (χ2n) is 9.36. The molecule has 3 aliphatic rings. The van der Waals surface area contributed by atoms with Crippen LogP contribution in [0, 0.1) is 0 Å². The van der Waals surface area contributed by atoms with Gasteiger partial charge in [-0.2, -0.15) is 0 Å². The number of para-hydroxylation sites is 1. The van der Waals surface area contributed by atoms with Crippen molar-refractivity contribution in [1.82, 2.24) is 9.80 Å².